The van der Waals surface area contributed by atoms with Crippen molar-refractivity contribution in [2.45, 2.75) is 0 Å². The Balaban J connectivity index is 2.14. The zero-order valence-electron chi connectivity index (χ0n) is 10.4. The van der Waals surface area contributed by atoms with Crippen molar-refractivity contribution in [3.8, 4) is 0 Å². The molecule has 0 aliphatic heterocycles. The smallest absolute Gasteiger partial charge is 0.187 e. The minimum atomic E-state index is 0.0831. The fourth-order valence-electron chi connectivity index (χ4n) is 2.24. The number of carbonyl (C=O) groups is 1. The van der Waals surface area contributed by atoms with Gasteiger partial charge in [0.2, 0.25) is 0 Å². The highest BCUT2D eigenvalue weighted by Crippen LogP contribution is 2.33. The maximum absolute atomic E-state index is 12.2. The fraction of sp³-hybridized carbons (Fsp3) is 0. The van der Waals surface area contributed by atoms with E-state index in [0.29, 0.717) is 0 Å². The Hall–Kier alpha value is -0.950. The number of ketones is 1. The van der Waals surface area contributed by atoms with E-state index in [1.807, 2.05) is 30.3 Å². The standard InChI is InChI=1S/C17H10I2O/c18-13-5-1-11(2-6-13)15-9-10-16(20)17(15)12-3-7-14(19)8-4-12/h1-10H. The molecule has 0 radical (unpaired) electrons. The minimum Gasteiger partial charge on any atom is -0.289 e. The number of halogens is 2. The maximum Gasteiger partial charge on any atom is 0.187 e. The van der Waals surface area contributed by atoms with Crippen LogP contribution in [-0.2, 0) is 4.79 Å². The lowest BCUT2D eigenvalue weighted by Gasteiger charge is -2.07. The van der Waals surface area contributed by atoms with E-state index < -0.39 is 0 Å². The van der Waals surface area contributed by atoms with Crippen LogP contribution in [0.1, 0.15) is 11.1 Å². The highest BCUT2D eigenvalue weighted by atomic mass is 127. The molecule has 0 bridgehead atoms. The first-order chi connectivity index (χ1) is 9.65. The van der Waals surface area contributed by atoms with Gasteiger partial charge in [-0.3, -0.25) is 4.79 Å². The van der Waals surface area contributed by atoms with E-state index in [4.69, 9.17) is 0 Å². The van der Waals surface area contributed by atoms with Gasteiger partial charge < -0.3 is 0 Å². The summed E-state index contributed by atoms with van der Waals surface area (Å²) < 4.78 is 2.36. The number of carbonyl (C=O) groups excluding carboxylic acids is 1. The van der Waals surface area contributed by atoms with Crippen molar-refractivity contribution < 1.29 is 4.79 Å². The zero-order chi connectivity index (χ0) is 14.1. The molecule has 0 atom stereocenters. The van der Waals surface area contributed by atoms with E-state index >= 15 is 0 Å². The Labute approximate surface area is 145 Å². The van der Waals surface area contributed by atoms with Gasteiger partial charge in [0.1, 0.15) is 0 Å². The Morgan fingerprint density at radius 1 is 0.650 bits per heavy atom. The summed E-state index contributed by atoms with van der Waals surface area (Å²) in [6.45, 7) is 0. The van der Waals surface area contributed by atoms with Gasteiger partial charge >= 0.3 is 0 Å². The second-order valence-electron chi connectivity index (χ2n) is 4.50. The van der Waals surface area contributed by atoms with Crippen LogP contribution in [0.3, 0.4) is 0 Å². The molecule has 0 saturated heterocycles. The van der Waals surface area contributed by atoms with Crippen molar-refractivity contribution in [1.82, 2.24) is 0 Å². The van der Waals surface area contributed by atoms with Gasteiger partial charge in [0.25, 0.3) is 0 Å². The van der Waals surface area contributed by atoms with Crippen LogP contribution < -0.4 is 0 Å². The quantitative estimate of drug-likeness (QED) is 0.552. The second-order valence-corrected chi connectivity index (χ2v) is 6.99. The van der Waals surface area contributed by atoms with Gasteiger partial charge in [0.15, 0.2) is 5.78 Å². The molecular weight excluding hydrogens is 474 g/mol. The van der Waals surface area contributed by atoms with E-state index in [9.17, 15) is 4.79 Å². The minimum absolute atomic E-state index is 0.0831. The average molecular weight is 484 g/mol. The van der Waals surface area contributed by atoms with Crippen LogP contribution in [0.5, 0.6) is 0 Å². The molecule has 3 heteroatoms. The van der Waals surface area contributed by atoms with E-state index in [0.717, 1.165) is 22.3 Å². The number of benzene rings is 2. The third kappa shape index (κ3) is 2.74. The molecule has 0 aromatic heterocycles. The first-order valence-electron chi connectivity index (χ1n) is 6.14. The van der Waals surface area contributed by atoms with Crippen molar-refractivity contribution in [1.29, 1.82) is 0 Å². The third-order valence-corrected chi connectivity index (χ3v) is 4.64. The summed E-state index contributed by atoms with van der Waals surface area (Å²) in [6.07, 6.45) is 3.57. The molecule has 2 aromatic carbocycles. The third-order valence-electron chi connectivity index (χ3n) is 3.21. The fourth-order valence-corrected chi connectivity index (χ4v) is 2.96. The number of hydrogen-bond acceptors (Lipinski definition) is 1. The SMILES string of the molecule is O=C1C=CC(c2ccc(I)cc2)=C1c1ccc(I)cc1. The first-order valence-corrected chi connectivity index (χ1v) is 8.29. The van der Waals surface area contributed by atoms with Crippen LogP contribution in [0.2, 0.25) is 0 Å². The molecule has 0 spiro atoms. The van der Waals surface area contributed by atoms with E-state index in [2.05, 4.69) is 69.4 Å². The van der Waals surface area contributed by atoms with Crippen molar-refractivity contribution >= 4 is 62.1 Å². The summed E-state index contributed by atoms with van der Waals surface area (Å²) in [7, 11) is 0. The Bertz CT molecular complexity index is 675. The molecule has 0 amide bonds. The normalized spacial score (nSPS) is 14.2. The molecule has 0 heterocycles. The van der Waals surface area contributed by atoms with Gasteiger partial charge in [0, 0.05) is 12.7 Å². The molecule has 0 saturated carbocycles. The second kappa shape index (κ2) is 5.81. The van der Waals surface area contributed by atoms with Crippen molar-refractivity contribution in [3.05, 3.63) is 79.0 Å². The Morgan fingerprint density at radius 3 is 1.70 bits per heavy atom. The molecule has 0 fully saturated rings. The lowest BCUT2D eigenvalue weighted by atomic mass is 9.96. The summed E-state index contributed by atoms with van der Waals surface area (Å²) >= 11 is 4.55. The summed E-state index contributed by atoms with van der Waals surface area (Å²) in [5.41, 5.74) is 3.87. The molecule has 0 unspecified atom stereocenters. The lowest BCUT2D eigenvalue weighted by Crippen LogP contribution is -1.96. The predicted octanol–water partition coefficient (Wildman–Crippen LogP) is 4.95. The Kier molecular flexibility index (Phi) is 4.07. The highest BCUT2D eigenvalue weighted by molar-refractivity contribution is 14.1. The van der Waals surface area contributed by atoms with Crippen LogP contribution in [0, 0.1) is 7.14 Å². The molecule has 0 N–H and O–H groups in total. The topological polar surface area (TPSA) is 17.1 Å². The summed E-state index contributed by atoms with van der Waals surface area (Å²) in [5.74, 6) is 0.0831. The monoisotopic (exact) mass is 484 g/mol. The maximum atomic E-state index is 12.2. The largest absolute Gasteiger partial charge is 0.289 e. The Morgan fingerprint density at radius 2 is 1.15 bits per heavy atom. The molecule has 20 heavy (non-hydrogen) atoms. The molecular formula is C17H10I2O. The van der Waals surface area contributed by atoms with Crippen LogP contribution >= 0.6 is 45.2 Å². The van der Waals surface area contributed by atoms with E-state index in [1.165, 1.54) is 7.14 Å². The first kappa shape index (κ1) is 14.0. The molecule has 2 aromatic rings. The molecule has 1 aliphatic rings. The number of rotatable bonds is 2. The van der Waals surface area contributed by atoms with Crippen LogP contribution in [0.25, 0.3) is 11.1 Å². The van der Waals surface area contributed by atoms with Crippen LogP contribution in [-0.4, -0.2) is 5.78 Å². The lowest BCUT2D eigenvalue weighted by molar-refractivity contribution is -0.109. The zero-order valence-corrected chi connectivity index (χ0v) is 14.8. The molecule has 1 aliphatic carbocycles. The number of allylic oxidation sites excluding steroid dienone is 4. The van der Waals surface area contributed by atoms with Crippen molar-refractivity contribution in [2.75, 3.05) is 0 Å². The van der Waals surface area contributed by atoms with E-state index in [1.54, 1.807) is 6.08 Å². The van der Waals surface area contributed by atoms with Crippen molar-refractivity contribution in [3.63, 3.8) is 0 Å². The number of hydrogen-bond donors (Lipinski definition) is 0. The van der Waals surface area contributed by atoms with Crippen LogP contribution in [0.4, 0.5) is 0 Å². The molecule has 1 nitrogen and oxygen atoms in total. The van der Waals surface area contributed by atoms with Gasteiger partial charge in [-0.2, -0.15) is 0 Å². The van der Waals surface area contributed by atoms with Gasteiger partial charge in [0.05, 0.1) is 0 Å². The molecule has 3 rings (SSSR count). The van der Waals surface area contributed by atoms with Gasteiger partial charge in [-0.25, -0.2) is 0 Å². The van der Waals surface area contributed by atoms with Gasteiger partial charge in [-0.15, -0.1) is 0 Å². The van der Waals surface area contributed by atoms with Crippen LogP contribution in [0.15, 0.2) is 60.7 Å². The summed E-state index contributed by atoms with van der Waals surface area (Å²) in [4.78, 5) is 12.2. The summed E-state index contributed by atoms with van der Waals surface area (Å²) in [5, 5.41) is 0. The molecule has 98 valence electrons. The predicted molar refractivity (Wildman–Crippen MR) is 99.3 cm³/mol. The van der Waals surface area contributed by atoms with Gasteiger partial charge in [-0.1, -0.05) is 24.3 Å². The van der Waals surface area contributed by atoms with Gasteiger partial charge in [-0.05, 0) is 98.3 Å². The average Bonchev–Trinajstić information content (AvgIpc) is 2.83. The van der Waals surface area contributed by atoms with Crippen molar-refractivity contribution in [2.24, 2.45) is 0 Å². The highest BCUT2D eigenvalue weighted by Gasteiger charge is 2.20. The van der Waals surface area contributed by atoms with E-state index in [-0.39, 0.29) is 5.78 Å². The summed E-state index contributed by atoms with van der Waals surface area (Å²) in [6, 6.07) is 16.3.